The van der Waals surface area contributed by atoms with Gasteiger partial charge in [-0.15, -0.1) is 0 Å². The van der Waals surface area contributed by atoms with E-state index in [0.29, 0.717) is 11.9 Å². The summed E-state index contributed by atoms with van der Waals surface area (Å²) in [7, 11) is 0. The summed E-state index contributed by atoms with van der Waals surface area (Å²) in [5.41, 5.74) is 8.07. The number of nitrogens with two attached hydrogens (primary N) is 1. The number of piperidine rings is 1. The summed E-state index contributed by atoms with van der Waals surface area (Å²) < 4.78 is 5.23. The minimum atomic E-state index is 0.320. The fourth-order valence-electron chi connectivity index (χ4n) is 2.86. The smallest absolute Gasteiger partial charge is 0.133 e. The third-order valence-electron chi connectivity index (χ3n) is 3.90. The lowest BCUT2D eigenvalue weighted by molar-refractivity contribution is 0.134. The molecular formula is C15H20N4O. The molecule has 2 aromatic heterocycles. The Labute approximate surface area is 118 Å². The van der Waals surface area contributed by atoms with E-state index in [-0.39, 0.29) is 0 Å². The third kappa shape index (κ3) is 2.67. The van der Waals surface area contributed by atoms with Gasteiger partial charge in [-0.3, -0.25) is 4.90 Å². The lowest BCUT2D eigenvalue weighted by Gasteiger charge is -2.34. The molecule has 0 saturated carbocycles. The Morgan fingerprint density at radius 1 is 1.45 bits per heavy atom. The van der Waals surface area contributed by atoms with Crippen molar-refractivity contribution in [3.63, 3.8) is 0 Å². The van der Waals surface area contributed by atoms with Crippen LogP contribution in [-0.4, -0.2) is 21.6 Å². The topological polar surface area (TPSA) is 68.2 Å². The number of nitrogens with zero attached hydrogens (tertiary/aromatic N) is 3. The second kappa shape index (κ2) is 5.63. The number of hydrogen-bond donors (Lipinski definition) is 1. The van der Waals surface area contributed by atoms with E-state index < -0.39 is 0 Å². The van der Waals surface area contributed by atoms with E-state index in [1.165, 1.54) is 12.8 Å². The maximum Gasteiger partial charge on any atom is 0.133 e. The second-order valence-electron chi connectivity index (χ2n) is 5.39. The van der Waals surface area contributed by atoms with E-state index >= 15 is 0 Å². The fourth-order valence-corrected chi connectivity index (χ4v) is 2.86. The molecule has 2 aromatic rings. The fraction of sp³-hybridized carbons (Fsp3) is 0.467. The number of hydrogen-bond acceptors (Lipinski definition) is 5. The van der Waals surface area contributed by atoms with Gasteiger partial charge in [-0.1, -0.05) is 17.6 Å². The molecule has 1 aliphatic rings. The highest BCUT2D eigenvalue weighted by atomic mass is 16.5. The summed E-state index contributed by atoms with van der Waals surface area (Å²) in [4.78, 5) is 6.59. The predicted molar refractivity (Wildman–Crippen MR) is 76.9 cm³/mol. The van der Waals surface area contributed by atoms with Gasteiger partial charge in [0.1, 0.15) is 17.3 Å². The molecule has 5 heteroatoms. The van der Waals surface area contributed by atoms with Gasteiger partial charge in [-0.05, 0) is 32.4 Å². The minimum absolute atomic E-state index is 0.320. The molecule has 3 rings (SSSR count). The first kappa shape index (κ1) is 13.1. The van der Waals surface area contributed by atoms with Crippen molar-refractivity contribution in [2.45, 2.75) is 38.8 Å². The molecule has 0 spiro atoms. The van der Waals surface area contributed by atoms with Crippen LogP contribution in [-0.2, 0) is 6.54 Å². The largest absolute Gasteiger partial charge is 0.383 e. The van der Waals surface area contributed by atoms with Gasteiger partial charge in [0.15, 0.2) is 0 Å². The molecule has 1 fully saturated rings. The third-order valence-corrected chi connectivity index (χ3v) is 3.90. The highest BCUT2D eigenvalue weighted by Crippen LogP contribution is 2.32. The summed E-state index contributed by atoms with van der Waals surface area (Å²) >= 11 is 0. The molecule has 20 heavy (non-hydrogen) atoms. The Morgan fingerprint density at radius 3 is 3.10 bits per heavy atom. The van der Waals surface area contributed by atoms with Crippen LogP contribution in [0, 0.1) is 6.92 Å². The van der Waals surface area contributed by atoms with Crippen molar-refractivity contribution in [1.29, 1.82) is 0 Å². The first-order chi connectivity index (χ1) is 9.74. The summed E-state index contributed by atoms with van der Waals surface area (Å²) in [5.74, 6) is 1.49. The monoisotopic (exact) mass is 272 g/mol. The quantitative estimate of drug-likeness (QED) is 0.930. The van der Waals surface area contributed by atoms with Gasteiger partial charge in [0.05, 0.1) is 6.04 Å². The summed E-state index contributed by atoms with van der Waals surface area (Å²) in [6.45, 7) is 3.81. The predicted octanol–water partition coefficient (Wildman–Crippen LogP) is 2.69. The summed E-state index contributed by atoms with van der Waals surface area (Å²) in [6.07, 6.45) is 5.29. The van der Waals surface area contributed by atoms with Crippen LogP contribution >= 0.6 is 0 Å². The molecule has 5 nitrogen and oxygen atoms in total. The van der Waals surface area contributed by atoms with Crippen LogP contribution in [0.15, 0.2) is 28.9 Å². The van der Waals surface area contributed by atoms with E-state index in [1.807, 2.05) is 25.1 Å². The standard InChI is InChI=1S/C15H20N4O/c1-11-9-13(18-20-11)14-6-2-3-8-19(14)10-12-5-4-7-17-15(12)16/h4-5,7,9,14H,2-3,6,8,10H2,1H3,(H2,16,17)/t14-/m1/s1. The number of nitrogen functional groups attached to an aromatic ring is 1. The van der Waals surface area contributed by atoms with Crippen molar-refractivity contribution in [2.75, 3.05) is 12.3 Å². The molecule has 0 aromatic carbocycles. The van der Waals surface area contributed by atoms with Gasteiger partial charge in [0.25, 0.3) is 0 Å². The van der Waals surface area contributed by atoms with Crippen LogP contribution in [0.5, 0.6) is 0 Å². The number of likely N-dealkylation sites (tertiary alicyclic amines) is 1. The molecule has 0 amide bonds. The van der Waals surface area contributed by atoms with Gasteiger partial charge in [-0.25, -0.2) is 4.98 Å². The second-order valence-corrected chi connectivity index (χ2v) is 5.39. The zero-order valence-corrected chi connectivity index (χ0v) is 11.7. The zero-order chi connectivity index (χ0) is 13.9. The first-order valence-electron chi connectivity index (χ1n) is 7.10. The highest BCUT2D eigenvalue weighted by molar-refractivity contribution is 5.38. The number of pyridine rings is 1. The normalized spacial score (nSPS) is 20.1. The Balaban J connectivity index is 1.81. The zero-order valence-electron chi connectivity index (χ0n) is 11.7. The van der Waals surface area contributed by atoms with Crippen molar-refractivity contribution < 1.29 is 4.52 Å². The number of aryl methyl sites for hydroxylation is 1. The van der Waals surface area contributed by atoms with Crippen molar-refractivity contribution in [2.24, 2.45) is 0 Å². The molecule has 2 N–H and O–H groups in total. The molecule has 0 bridgehead atoms. The SMILES string of the molecule is Cc1cc([C@H]2CCCCN2Cc2cccnc2N)no1. The molecule has 1 atom stereocenters. The van der Waals surface area contributed by atoms with Crippen LogP contribution in [0.25, 0.3) is 0 Å². The van der Waals surface area contributed by atoms with Crippen LogP contribution in [0.1, 0.15) is 42.3 Å². The highest BCUT2D eigenvalue weighted by Gasteiger charge is 2.26. The first-order valence-corrected chi connectivity index (χ1v) is 7.10. The van der Waals surface area contributed by atoms with E-state index in [2.05, 4.69) is 15.0 Å². The van der Waals surface area contributed by atoms with Crippen LogP contribution in [0.3, 0.4) is 0 Å². The van der Waals surface area contributed by atoms with Crippen LogP contribution in [0.4, 0.5) is 5.82 Å². The van der Waals surface area contributed by atoms with E-state index in [1.54, 1.807) is 6.20 Å². The van der Waals surface area contributed by atoms with Gasteiger partial charge < -0.3 is 10.3 Å². The Hall–Kier alpha value is -1.88. The van der Waals surface area contributed by atoms with Crippen molar-refractivity contribution in [1.82, 2.24) is 15.0 Å². The number of aromatic nitrogens is 2. The Bertz CT molecular complexity index is 581. The van der Waals surface area contributed by atoms with E-state index in [9.17, 15) is 0 Å². The molecule has 1 aliphatic heterocycles. The Kier molecular flexibility index (Phi) is 3.69. The summed E-state index contributed by atoms with van der Waals surface area (Å²) in [5, 5.41) is 4.19. The average molecular weight is 272 g/mol. The lowest BCUT2D eigenvalue weighted by Crippen LogP contribution is -2.33. The molecule has 0 unspecified atom stereocenters. The molecule has 0 aliphatic carbocycles. The molecule has 106 valence electrons. The van der Waals surface area contributed by atoms with Gasteiger partial charge in [0, 0.05) is 24.4 Å². The average Bonchev–Trinajstić information content (AvgIpc) is 2.88. The number of rotatable bonds is 3. The van der Waals surface area contributed by atoms with Gasteiger partial charge in [-0.2, -0.15) is 0 Å². The maximum atomic E-state index is 5.95. The molecule has 3 heterocycles. The van der Waals surface area contributed by atoms with Gasteiger partial charge in [0.2, 0.25) is 0 Å². The Morgan fingerprint density at radius 2 is 2.35 bits per heavy atom. The maximum absolute atomic E-state index is 5.95. The van der Waals surface area contributed by atoms with E-state index in [4.69, 9.17) is 10.3 Å². The molecule has 1 saturated heterocycles. The lowest BCUT2D eigenvalue weighted by atomic mass is 9.98. The summed E-state index contributed by atoms with van der Waals surface area (Å²) in [6, 6.07) is 6.34. The molecule has 0 radical (unpaired) electrons. The van der Waals surface area contributed by atoms with Crippen molar-refractivity contribution in [3.8, 4) is 0 Å². The van der Waals surface area contributed by atoms with Gasteiger partial charge >= 0.3 is 0 Å². The number of anilines is 1. The van der Waals surface area contributed by atoms with Crippen LogP contribution < -0.4 is 5.73 Å². The van der Waals surface area contributed by atoms with Crippen molar-refractivity contribution >= 4 is 5.82 Å². The minimum Gasteiger partial charge on any atom is -0.383 e. The van der Waals surface area contributed by atoms with Crippen molar-refractivity contribution in [3.05, 3.63) is 41.4 Å². The van der Waals surface area contributed by atoms with Crippen LogP contribution in [0.2, 0.25) is 0 Å². The molecular weight excluding hydrogens is 252 g/mol. The van der Waals surface area contributed by atoms with E-state index in [0.717, 1.165) is 36.5 Å².